The minimum absolute atomic E-state index is 0.0263. The third-order valence-corrected chi connectivity index (χ3v) is 4.96. The van der Waals surface area contributed by atoms with Crippen LogP contribution in [0.1, 0.15) is 59.2 Å². The number of nitriles is 1. The molecule has 0 spiro atoms. The summed E-state index contributed by atoms with van der Waals surface area (Å²) in [6.07, 6.45) is 5.11. The number of hydrogen-bond acceptors (Lipinski definition) is 5. The second kappa shape index (κ2) is 6.67. The zero-order valence-corrected chi connectivity index (χ0v) is 14.0. The van der Waals surface area contributed by atoms with Crippen LogP contribution >= 0.6 is 0 Å². The standard InChI is InChI=1S/C19H20N4O2/c20-11-13-3-5-16(6-4-13)19(24)23-9-1-2-14(12-23)10-17-21-18(22-25-17)15-7-8-15/h3-6,14-15H,1-2,7-10,12H2. The van der Waals surface area contributed by atoms with E-state index in [1.807, 2.05) is 4.90 Å². The fourth-order valence-electron chi connectivity index (χ4n) is 3.39. The van der Waals surface area contributed by atoms with Crippen LogP contribution in [0.25, 0.3) is 0 Å². The summed E-state index contributed by atoms with van der Waals surface area (Å²) in [4.78, 5) is 19.1. The van der Waals surface area contributed by atoms with Gasteiger partial charge in [-0.3, -0.25) is 4.79 Å². The molecule has 0 N–H and O–H groups in total. The zero-order chi connectivity index (χ0) is 17.2. The third-order valence-electron chi connectivity index (χ3n) is 4.96. The minimum atomic E-state index is 0.0263. The van der Waals surface area contributed by atoms with E-state index in [4.69, 9.17) is 9.78 Å². The van der Waals surface area contributed by atoms with E-state index in [9.17, 15) is 4.79 Å². The van der Waals surface area contributed by atoms with Gasteiger partial charge in [0.15, 0.2) is 5.82 Å². The second-order valence-electron chi connectivity index (χ2n) is 6.97. The van der Waals surface area contributed by atoms with Gasteiger partial charge in [-0.1, -0.05) is 5.16 Å². The Kier molecular flexibility index (Phi) is 4.22. The average Bonchev–Trinajstić information content (AvgIpc) is 3.41. The number of amides is 1. The maximum Gasteiger partial charge on any atom is 0.253 e. The van der Waals surface area contributed by atoms with Crippen LogP contribution in [0.3, 0.4) is 0 Å². The molecule has 2 aromatic rings. The fourth-order valence-corrected chi connectivity index (χ4v) is 3.39. The van der Waals surface area contributed by atoms with Crippen molar-refractivity contribution in [2.45, 2.75) is 38.0 Å². The number of hydrogen-bond donors (Lipinski definition) is 0. The Labute approximate surface area is 146 Å². The SMILES string of the molecule is N#Cc1ccc(C(=O)N2CCCC(Cc3nc(C4CC4)no3)C2)cc1. The fraction of sp³-hybridized carbons (Fsp3) is 0.474. The smallest absolute Gasteiger partial charge is 0.253 e. The number of rotatable bonds is 4. The summed E-state index contributed by atoms with van der Waals surface area (Å²) in [5.74, 6) is 2.41. The number of carbonyl (C=O) groups excluding carboxylic acids is 1. The first-order chi connectivity index (χ1) is 12.2. The van der Waals surface area contributed by atoms with Crippen LogP contribution in [0.2, 0.25) is 0 Å². The normalized spacial score (nSPS) is 20.3. The van der Waals surface area contributed by atoms with Gasteiger partial charge in [-0.15, -0.1) is 0 Å². The highest BCUT2D eigenvalue weighted by atomic mass is 16.5. The van der Waals surface area contributed by atoms with Crippen LogP contribution in [-0.2, 0) is 6.42 Å². The first kappa shape index (κ1) is 15.8. The van der Waals surface area contributed by atoms with Gasteiger partial charge in [-0.05, 0) is 55.9 Å². The molecule has 2 aliphatic rings. The molecule has 128 valence electrons. The average molecular weight is 336 g/mol. The number of benzene rings is 1. The maximum atomic E-state index is 12.7. The summed E-state index contributed by atoms with van der Waals surface area (Å²) in [7, 11) is 0. The summed E-state index contributed by atoms with van der Waals surface area (Å²) in [6.45, 7) is 1.48. The Bertz CT molecular complexity index is 802. The molecule has 6 heteroatoms. The first-order valence-electron chi connectivity index (χ1n) is 8.85. The summed E-state index contributed by atoms with van der Waals surface area (Å²) < 4.78 is 5.38. The van der Waals surface area contributed by atoms with Crippen molar-refractivity contribution in [2.24, 2.45) is 5.92 Å². The Morgan fingerprint density at radius 2 is 2.08 bits per heavy atom. The summed E-state index contributed by atoms with van der Waals surface area (Å²) in [5.41, 5.74) is 1.20. The van der Waals surface area contributed by atoms with Crippen LogP contribution in [0.15, 0.2) is 28.8 Å². The lowest BCUT2D eigenvalue weighted by molar-refractivity contribution is 0.0668. The molecule has 1 amide bonds. The lowest BCUT2D eigenvalue weighted by atomic mass is 9.94. The highest BCUT2D eigenvalue weighted by molar-refractivity contribution is 5.94. The van der Waals surface area contributed by atoms with Crippen LogP contribution in [-0.4, -0.2) is 34.0 Å². The molecule has 6 nitrogen and oxygen atoms in total. The Balaban J connectivity index is 1.39. The molecule has 1 atom stereocenters. The molecule has 1 aliphatic heterocycles. The molecule has 1 saturated carbocycles. The molecule has 4 rings (SSSR count). The number of nitrogens with zero attached hydrogens (tertiary/aromatic N) is 4. The summed E-state index contributed by atoms with van der Waals surface area (Å²) >= 11 is 0. The summed E-state index contributed by atoms with van der Waals surface area (Å²) in [6, 6.07) is 8.90. The predicted octanol–water partition coefficient (Wildman–Crippen LogP) is 2.91. The van der Waals surface area contributed by atoms with Gasteiger partial charge < -0.3 is 9.42 Å². The van der Waals surface area contributed by atoms with Gasteiger partial charge in [0.25, 0.3) is 5.91 Å². The monoisotopic (exact) mass is 336 g/mol. The van der Waals surface area contributed by atoms with Gasteiger partial charge in [0.05, 0.1) is 11.6 Å². The lowest BCUT2D eigenvalue weighted by Crippen LogP contribution is -2.40. The van der Waals surface area contributed by atoms with E-state index in [-0.39, 0.29) is 5.91 Å². The maximum absolute atomic E-state index is 12.7. The van der Waals surface area contributed by atoms with Crippen LogP contribution in [0.5, 0.6) is 0 Å². The van der Waals surface area contributed by atoms with E-state index in [0.717, 1.165) is 44.5 Å². The Morgan fingerprint density at radius 3 is 2.80 bits per heavy atom. The highest BCUT2D eigenvalue weighted by Crippen LogP contribution is 2.38. The largest absolute Gasteiger partial charge is 0.339 e. The first-order valence-corrected chi connectivity index (χ1v) is 8.85. The van der Waals surface area contributed by atoms with Crippen molar-refractivity contribution in [3.8, 4) is 6.07 Å². The van der Waals surface area contributed by atoms with Crippen molar-refractivity contribution in [2.75, 3.05) is 13.1 Å². The molecular formula is C19H20N4O2. The van der Waals surface area contributed by atoms with Gasteiger partial charge in [-0.25, -0.2) is 0 Å². The van der Waals surface area contributed by atoms with E-state index in [0.29, 0.717) is 35.4 Å². The van der Waals surface area contributed by atoms with Crippen LogP contribution in [0, 0.1) is 17.2 Å². The van der Waals surface area contributed by atoms with Gasteiger partial charge in [0.1, 0.15) is 0 Å². The molecule has 1 aromatic carbocycles. The third kappa shape index (κ3) is 3.55. The van der Waals surface area contributed by atoms with Crippen LogP contribution in [0.4, 0.5) is 0 Å². The molecule has 1 aliphatic carbocycles. The number of aromatic nitrogens is 2. The van der Waals surface area contributed by atoms with Crippen molar-refractivity contribution < 1.29 is 9.32 Å². The predicted molar refractivity (Wildman–Crippen MR) is 89.8 cm³/mol. The zero-order valence-electron chi connectivity index (χ0n) is 14.0. The van der Waals surface area contributed by atoms with E-state index in [1.165, 1.54) is 0 Å². The van der Waals surface area contributed by atoms with Gasteiger partial charge >= 0.3 is 0 Å². The second-order valence-corrected chi connectivity index (χ2v) is 6.97. The van der Waals surface area contributed by atoms with E-state index >= 15 is 0 Å². The molecule has 0 bridgehead atoms. The highest BCUT2D eigenvalue weighted by Gasteiger charge is 2.30. The summed E-state index contributed by atoms with van der Waals surface area (Å²) in [5, 5.41) is 12.9. The molecular weight excluding hydrogens is 316 g/mol. The molecule has 0 radical (unpaired) electrons. The van der Waals surface area contributed by atoms with Gasteiger partial charge in [-0.2, -0.15) is 10.2 Å². The molecule has 2 heterocycles. The topological polar surface area (TPSA) is 83.0 Å². The van der Waals surface area contributed by atoms with Crippen molar-refractivity contribution in [3.63, 3.8) is 0 Å². The Hall–Kier alpha value is -2.68. The lowest BCUT2D eigenvalue weighted by Gasteiger charge is -2.32. The van der Waals surface area contributed by atoms with Gasteiger partial charge in [0, 0.05) is 31.0 Å². The number of likely N-dealkylation sites (tertiary alicyclic amines) is 1. The van der Waals surface area contributed by atoms with Crippen molar-refractivity contribution in [1.29, 1.82) is 5.26 Å². The van der Waals surface area contributed by atoms with E-state index in [2.05, 4.69) is 16.2 Å². The molecule has 25 heavy (non-hydrogen) atoms. The molecule has 1 saturated heterocycles. The minimum Gasteiger partial charge on any atom is -0.339 e. The van der Waals surface area contributed by atoms with Crippen molar-refractivity contribution in [1.82, 2.24) is 15.0 Å². The van der Waals surface area contributed by atoms with E-state index in [1.54, 1.807) is 24.3 Å². The van der Waals surface area contributed by atoms with Gasteiger partial charge in [0.2, 0.25) is 5.89 Å². The van der Waals surface area contributed by atoms with Crippen molar-refractivity contribution in [3.05, 3.63) is 47.1 Å². The Morgan fingerprint density at radius 1 is 1.28 bits per heavy atom. The molecule has 2 fully saturated rings. The van der Waals surface area contributed by atoms with Crippen LogP contribution < -0.4 is 0 Å². The molecule has 1 unspecified atom stereocenters. The number of carbonyl (C=O) groups is 1. The quantitative estimate of drug-likeness (QED) is 0.857. The number of piperidine rings is 1. The molecule has 1 aromatic heterocycles. The van der Waals surface area contributed by atoms with Crippen molar-refractivity contribution >= 4 is 5.91 Å². The van der Waals surface area contributed by atoms with E-state index < -0.39 is 0 Å².